The third kappa shape index (κ3) is 5.82. The Hall–Kier alpha value is -1.56. The number of likely N-dealkylation sites (tertiary alicyclic amines) is 1. The molecule has 1 atom stereocenters. The van der Waals surface area contributed by atoms with Crippen molar-refractivity contribution >= 4 is 5.96 Å². The lowest BCUT2D eigenvalue weighted by molar-refractivity contribution is 0.329. The second kappa shape index (κ2) is 9.67. The van der Waals surface area contributed by atoms with Crippen LogP contribution < -0.4 is 5.32 Å². The minimum atomic E-state index is 0.694. The normalized spacial score (nSPS) is 18.6. The highest BCUT2D eigenvalue weighted by molar-refractivity contribution is 5.80. The maximum atomic E-state index is 4.47. The summed E-state index contributed by atoms with van der Waals surface area (Å²) in [5.74, 6) is 1.74. The summed E-state index contributed by atoms with van der Waals surface area (Å²) < 4.78 is 1.89. The fourth-order valence-corrected chi connectivity index (χ4v) is 3.33. The molecule has 1 aliphatic heterocycles. The van der Waals surface area contributed by atoms with E-state index in [1.165, 1.54) is 31.4 Å². The number of aryl methyl sites for hydroxylation is 1. The molecule has 1 unspecified atom stereocenters. The smallest absolute Gasteiger partial charge is 0.193 e. The number of unbranched alkanes of at least 4 members (excludes halogenated alkanes) is 1. The van der Waals surface area contributed by atoms with Gasteiger partial charge in [0.15, 0.2) is 5.96 Å². The van der Waals surface area contributed by atoms with Crippen molar-refractivity contribution in [1.82, 2.24) is 24.9 Å². The predicted molar refractivity (Wildman–Crippen MR) is 100 cm³/mol. The van der Waals surface area contributed by atoms with Crippen LogP contribution in [0.3, 0.4) is 0 Å². The Labute approximate surface area is 146 Å². The molecule has 136 valence electrons. The lowest BCUT2D eigenvalue weighted by Crippen LogP contribution is -2.43. The van der Waals surface area contributed by atoms with Crippen molar-refractivity contribution in [3.8, 4) is 0 Å². The van der Waals surface area contributed by atoms with Crippen LogP contribution in [0.1, 0.15) is 31.7 Å². The predicted octanol–water partition coefficient (Wildman–Crippen LogP) is 1.59. The van der Waals surface area contributed by atoms with Gasteiger partial charge in [-0.15, -0.1) is 0 Å². The number of aromatic nitrogens is 2. The highest BCUT2D eigenvalue weighted by atomic mass is 15.3. The van der Waals surface area contributed by atoms with E-state index in [-0.39, 0.29) is 0 Å². The van der Waals surface area contributed by atoms with Gasteiger partial charge in [0.05, 0.1) is 6.20 Å². The van der Waals surface area contributed by atoms with Crippen molar-refractivity contribution in [2.24, 2.45) is 18.0 Å². The summed E-state index contributed by atoms with van der Waals surface area (Å²) in [6.07, 6.45) is 8.98. The number of likely N-dealkylation sites (N-methyl/N-ethyl adjacent to an activating group) is 1. The Balaban J connectivity index is 1.72. The molecular weight excluding hydrogens is 300 g/mol. The molecule has 0 bridgehead atoms. The molecule has 6 heteroatoms. The van der Waals surface area contributed by atoms with Gasteiger partial charge in [-0.3, -0.25) is 9.67 Å². The van der Waals surface area contributed by atoms with Gasteiger partial charge in [0.2, 0.25) is 0 Å². The SMILES string of the molecule is CCCCN(C)CCNC(=NC)N1CCC(Cc2cnn(C)c2)C1. The zero-order valence-corrected chi connectivity index (χ0v) is 15.8. The van der Waals surface area contributed by atoms with E-state index in [4.69, 9.17) is 0 Å². The first-order valence-corrected chi connectivity index (χ1v) is 9.24. The van der Waals surface area contributed by atoms with Gasteiger partial charge in [-0.25, -0.2) is 0 Å². The van der Waals surface area contributed by atoms with Crippen LogP contribution in [0.15, 0.2) is 17.4 Å². The van der Waals surface area contributed by atoms with Gasteiger partial charge in [0, 0.05) is 46.5 Å². The highest BCUT2D eigenvalue weighted by Gasteiger charge is 2.25. The van der Waals surface area contributed by atoms with Gasteiger partial charge in [-0.05, 0) is 44.3 Å². The number of hydrogen-bond donors (Lipinski definition) is 1. The van der Waals surface area contributed by atoms with Crippen LogP contribution in [0.5, 0.6) is 0 Å². The number of hydrogen-bond acceptors (Lipinski definition) is 3. The molecular formula is C18H34N6. The van der Waals surface area contributed by atoms with E-state index in [0.29, 0.717) is 5.92 Å². The lowest BCUT2D eigenvalue weighted by Gasteiger charge is -2.23. The molecule has 1 fully saturated rings. The molecule has 2 rings (SSSR count). The summed E-state index contributed by atoms with van der Waals surface area (Å²) in [5.41, 5.74) is 1.34. The van der Waals surface area contributed by atoms with Gasteiger partial charge in [0.25, 0.3) is 0 Å². The Kier molecular flexibility index (Phi) is 7.56. The summed E-state index contributed by atoms with van der Waals surface area (Å²) in [6, 6.07) is 0. The third-order valence-electron chi connectivity index (χ3n) is 4.75. The maximum absolute atomic E-state index is 4.47. The first-order chi connectivity index (χ1) is 11.6. The molecule has 0 aromatic carbocycles. The fraction of sp³-hybridized carbons (Fsp3) is 0.778. The zero-order valence-electron chi connectivity index (χ0n) is 15.8. The van der Waals surface area contributed by atoms with E-state index in [1.54, 1.807) is 0 Å². The third-order valence-corrected chi connectivity index (χ3v) is 4.75. The quantitative estimate of drug-likeness (QED) is 0.579. The molecule has 24 heavy (non-hydrogen) atoms. The van der Waals surface area contributed by atoms with Crippen LogP contribution in [0.2, 0.25) is 0 Å². The monoisotopic (exact) mass is 334 g/mol. The summed E-state index contributed by atoms with van der Waals surface area (Å²) in [4.78, 5) is 9.25. The number of nitrogens with zero attached hydrogens (tertiary/aromatic N) is 5. The number of rotatable bonds is 8. The molecule has 1 saturated heterocycles. The molecule has 0 radical (unpaired) electrons. The van der Waals surface area contributed by atoms with Gasteiger partial charge >= 0.3 is 0 Å². The minimum absolute atomic E-state index is 0.694. The highest BCUT2D eigenvalue weighted by Crippen LogP contribution is 2.20. The van der Waals surface area contributed by atoms with Crippen LogP contribution in [0.25, 0.3) is 0 Å². The zero-order chi connectivity index (χ0) is 17.4. The van der Waals surface area contributed by atoms with E-state index in [1.807, 2.05) is 25.0 Å². The van der Waals surface area contributed by atoms with Crippen molar-refractivity contribution in [2.45, 2.75) is 32.6 Å². The molecule has 1 aliphatic rings. The average Bonchev–Trinajstić information content (AvgIpc) is 3.19. The molecule has 0 aliphatic carbocycles. The van der Waals surface area contributed by atoms with Gasteiger partial charge < -0.3 is 15.1 Å². The van der Waals surface area contributed by atoms with E-state index >= 15 is 0 Å². The van der Waals surface area contributed by atoms with Gasteiger partial charge in [-0.1, -0.05) is 13.3 Å². The Bertz CT molecular complexity index is 509. The fourth-order valence-electron chi connectivity index (χ4n) is 3.33. The first-order valence-electron chi connectivity index (χ1n) is 9.24. The summed E-state index contributed by atoms with van der Waals surface area (Å²) in [5, 5.41) is 7.79. The van der Waals surface area contributed by atoms with Crippen LogP contribution in [0.4, 0.5) is 0 Å². The van der Waals surface area contributed by atoms with Crippen molar-refractivity contribution < 1.29 is 0 Å². The minimum Gasteiger partial charge on any atom is -0.355 e. The van der Waals surface area contributed by atoms with Crippen molar-refractivity contribution in [1.29, 1.82) is 0 Å². The van der Waals surface area contributed by atoms with E-state index in [0.717, 1.165) is 38.6 Å². The second-order valence-corrected chi connectivity index (χ2v) is 6.96. The molecule has 6 nitrogen and oxygen atoms in total. The number of nitrogens with one attached hydrogen (secondary N) is 1. The summed E-state index contributed by atoms with van der Waals surface area (Å²) in [7, 11) is 6.06. The Morgan fingerprint density at radius 3 is 2.96 bits per heavy atom. The van der Waals surface area contributed by atoms with Crippen LogP contribution in [0, 0.1) is 5.92 Å². The van der Waals surface area contributed by atoms with Crippen LogP contribution in [-0.2, 0) is 13.5 Å². The second-order valence-electron chi connectivity index (χ2n) is 6.96. The maximum Gasteiger partial charge on any atom is 0.193 e. The van der Waals surface area contributed by atoms with Crippen LogP contribution in [-0.4, -0.2) is 72.4 Å². The van der Waals surface area contributed by atoms with Gasteiger partial charge in [0.1, 0.15) is 0 Å². The van der Waals surface area contributed by atoms with E-state index < -0.39 is 0 Å². The summed E-state index contributed by atoms with van der Waals surface area (Å²) >= 11 is 0. The van der Waals surface area contributed by atoms with Crippen molar-refractivity contribution in [3.05, 3.63) is 18.0 Å². The topological polar surface area (TPSA) is 48.7 Å². The van der Waals surface area contributed by atoms with Crippen molar-refractivity contribution in [3.63, 3.8) is 0 Å². The number of aliphatic imine (C=N–C) groups is 1. The molecule has 0 spiro atoms. The molecule has 0 amide bonds. The van der Waals surface area contributed by atoms with Crippen LogP contribution >= 0.6 is 0 Å². The first kappa shape index (κ1) is 18.8. The number of guanidine groups is 1. The summed E-state index contributed by atoms with van der Waals surface area (Å²) in [6.45, 7) is 7.61. The Morgan fingerprint density at radius 1 is 1.46 bits per heavy atom. The Morgan fingerprint density at radius 2 is 2.29 bits per heavy atom. The molecule has 2 heterocycles. The van der Waals surface area contributed by atoms with E-state index in [9.17, 15) is 0 Å². The molecule has 1 aromatic heterocycles. The van der Waals surface area contributed by atoms with Crippen molar-refractivity contribution in [2.75, 3.05) is 46.8 Å². The molecule has 1 N–H and O–H groups in total. The molecule has 0 saturated carbocycles. The largest absolute Gasteiger partial charge is 0.355 e. The standard InChI is InChI=1S/C18H34N6/c1-5-6-9-22(3)11-8-20-18(19-2)24-10-7-16(15-24)12-17-13-21-23(4)14-17/h13-14,16H,5-12,15H2,1-4H3,(H,19,20). The lowest BCUT2D eigenvalue weighted by atomic mass is 10.0. The van der Waals surface area contributed by atoms with Gasteiger partial charge in [-0.2, -0.15) is 5.10 Å². The van der Waals surface area contributed by atoms with E-state index in [2.05, 4.69) is 45.4 Å². The molecule has 1 aromatic rings. The average molecular weight is 335 g/mol.